The third-order valence-corrected chi connectivity index (χ3v) is 5.35. The van der Waals surface area contributed by atoms with Crippen molar-refractivity contribution in [3.8, 4) is 5.75 Å². The predicted octanol–water partition coefficient (Wildman–Crippen LogP) is 5.65. The van der Waals surface area contributed by atoms with Crippen LogP contribution in [0, 0.1) is 0 Å². The Kier molecular flexibility index (Phi) is 6.12. The molecule has 3 aromatic rings. The second-order valence-electron chi connectivity index (χ2n) is 5.24. The van der Waals surface area contributed by atoms with E-state index >= 15 is 0 Å². The monoisotopic (exact) mass is 413 g/mol. The number of thioether (sulfide) groups is 1. The van der Waals surface area contributed by atoms with Gasteiger partial charge in [0.1, 0.15) is 12.4 Å². The Morgan fingerprint density at radius 3 is 2.48 bits per heavy atom. The second kappa shape index (κ2) is 8.32. The van der Waals surface area contributed by atoms with E-state index in [1.54, 1.807) is 30.0 Å². The fraction of sp³-hybridized carbons (Fsp3) is 0.176. The largest absolute Gasteiger partial charge is 0.484 e. The van der Waals surface area contributed by atoms with Crippen LogP contribution >= 0.6 is 46.6 Å². The molecule has 1 heterocycles. The van der Waals surface area contributed by atoms with Crippen molar-refractivity contribution in [1.29, 1.82) is 0 Å². The summed E-state index contributed by atoms with van der Waals surface area (Å²) in [6.45, 7) is 0.255. The highest BCUT2D eigenvalue weighted by Crippen LogP contribution is 2.28. The van der Waals surface area contributed by atoms with Crippen LogP contribution in [0.25, 0.3) is 0 Å². The molecule has 3 rings (SSSR count). The number of hydrogen-bond donors (Lipinski definition) is 0. The van der Waals surface area contributed by atoms with E-state index in [0.29, 0.717) is 21.6 Å². The third-order valence-electron chi connectivity index (χ3n) is 3.46. The van der Waals surface area contributed by atoms with Gasteiger partial charge in [-0.2, -0.15) is 0 Å². The highest BCUT2D eigenvalue weighted by molar-refractivity contribution is 7.98. The molecule has 0 unspecified atom stereocenters. The molecule has 2 aromatic carbocycles. The lowest BCUT2D eigenvalue weighted by Crippen LogP contribution is -2.04. The number of halogens is 3. The van der Waals surface area contributed by atoms with Crippen LogP contribution in [0.2, 0.25) is 15.1 Å². The van der Waals surface area contributed by atoms with Crippen LogP contribution in [0.1, 0.15) is 11.4 Å². The molecule has 0 bridgehead atoms. The Morgan fingerprint density at radius 1 is 1.00 bits per heavy atom. The van der Waals surface area contributed by atoms with Crippen LogP contribution in [0.4, 0.5) is 0 Å². The van der Waals surface area contributed by atoms with Crippen molar-refractivity contribution in [2.75, 3.05) is 0 Å². The van der Waals surface area contributed by atoms with Gasteiger partial charge in [-0.05, 0) is 29.8 Å². The van der Waals surface area contributed by atoms with E-state index in [9.17, 15) is 0 Å². The van der Waals surface area contributed by atoms with Gasteiger partial charge in [0.15, 0.2) is 11.0 Å². The molecule has 0 aliphatic heterocycles. The lowest BCUT2D eigenvalue weighted by atomic mass is 10.2. The van der Waals surface area contributed by atoms with Crippen molar-refractivity contribution in [2.24, 2.45) is 7.05 Å². The molecular weight excluding hydrogens is 401 g/mol. The van der Waals surface area contributed by atoms with Gasteiger partial charge in [-0.15, -0.1) is 10.2 Å². The maximum absolute atomic E-state index is 6.10. The Labute approximate surface area is 165 Å². The van der Waals surface area contributed by atoms with E-state index in [0.717, 1.165) is 15.9 Å². The summed E-state index contributed by atoms with van der Waals surface area (Å²) >= 11 is 19.6. The molecule has 0 amide bonds. The maximum atomic E-state index is 6.10. The number of rotatable bonds is 6. The smallest absolute Gasteiger partial charge is 0.191 e. The van der Waals surface area contributed by atoms with Gasteiger partial charge < -0.3 is 9.30 Å². The summed E-state index contributed by atoms with van der Waals surface area (Å²) in [5.41, 5.74) is 1.17. The predicted molar refractivity (Wildman–Crippen MR) is 103 cm³/mol. The SMILES string of the molecule is Cn1c(COc2cc(Cl)ccc2Cl)nnc1SCc1ccc(Cl)cc1. The van der Waals surface area contributed by atoms with Crippen molar-refractivity contribution in [1.82, 2.24) is 14.8 Å². The molecule has 4 nitrogen and oxygen atoms in total. The summed E-state index contributed by atoms with van der Waals surface area (Å²) in [4.78, 5) is 0. The first-order valence-corrected chi connectivity index (χ1v) is 9.48. The van der Waals surface area contributed by atoms with Crippen LogP contribution in [0.5, 0.6) is 5.75 Å². The second-order valence-corrected chi connectivity index (χ2v) is 7.46. The average molecular weight is 415 g/mol. The van der Waals surface area contributed by atoms with Gasteiger partial charge in [0.05, 0.1) is 5.02 Å². The van der Waals surface area contributed by atoms with Gasteiger partial charge in [0.25, 0.3) is 0 Å². The molecular formula is C17H14Cl3N3OS. The number of hydrogen-bond acceptors (Lipinski definition) is 4. The van der Waals surface area contributed by atoms with Gasteiger partial charge >= 0.3 is 0 Å². The van der Waals surface area contributed by atoms with Gasteiger partial charge in [0, 0.05) is 28.9 Å². The summed E-state index contributed by atoms with van der Waals surface area (Å²) in [6, 6.07) is 12.8. The van der Waals surface area contributed by atoms with Crippen LogP contribution in [0.3, 0.4) is 0 Å². The zero-order valence-corrected chi connectivity index (χ0v) is 16.3. The average Bonchev–Trinajstić information content (AvgIpc) is 2.95. The Bertz CT molecular complexity index is 868. The van der Waals surface area contributed by atoms with Crippen molar-refractivity contribution >= 4 is 46.6 Å². The summed E-state index contributed by atoms with van der Waals surface area (Å²) in [5.74, 6) is 2.01. The van der Waals surface area contributed by atoms with Gasteiger partial charge in [-0.3, -0.25) is 0 Å². The molecule has 0 spiro atoms. The van der Waals surface area contributed by atoms with Crippen LogP contribution in [-0.2, 0) is 19.4 Å². The zero-order chi connectivity index (χ0) is 17.8. The summed E-state index contributed by atoms with van der Waals surface area (Å²) in [5, 5.41) is 11.0. The Balaban J connectivity index is 1.62. The zero-order valence-electron chi connectivity index (χ0n) is 13.2. The third kappa shape index (κ3) is 4.82. The first kappa shape index (κ1) is 18.4. The molecule has 8 heteroatoms. The van der Waals surface area contributed by atoms with Crippen molar-refractivity contribution in [3.05, 3.63) is 68.9 Å². The molecule has 0 saturated heterocycles. The van der Waals surface area contributed by atoms with Gasteiger partial charge in [0.2, 0.25) is 0 Å². The Morgan fingerprint density at radius 2 is 1.72 bits per heavy atom. The number of nitrogens with zero attached hydrogens (tertiary/aromatic N) is 3. The lowest BCUT2D eigenvalue weighted by Gasteiger charge is -2.08. The topological polar surface area (TPSA) is 39.9 Å². The number of aromatic nitrogens is 3. The van der Waals surface area contributed by atoms with E-state index in [1.165, 1.54) is 5.56 Å². The first-order chi connectivity index (χ1) is 12.0. The maximum Gasteiger partial charge on any atom is 0.191 e. The van der Waals surface area contributed by atoms with E-state index in [1.807, 2.05) is 35.9 Å². The summed E-state index contributed by atoms with van der Waals surface area (Å²) in [7, 11) is 1.91. The fourth-order valence-electron chi connectivity index (χ4n) is 2.06. The minimum atomic E-state index is 0.255. The minimum absolute atomic E-state index is 0.255. The fourth-order valence-corrected chi connectivity index (χ4v) is 3.40. The van der Waals surface area contributed by atoms with Gasteiger partial charge in [-0.25, -0.2) is 0 Å². The minimum Gasteiger partial charge on any atom is -0.484 e. The number of ether oxygens (including phenoxy) is 1. The molecule has 0 radical (unpaired) electrons. The van der Waals surface area contributed by atoms with Crippen LogP contribution < -0.4 is 4.74 Å². The van der Waals surface area contributed by atoms with E-state index < -0.39 is 0 Å². The molecule has 0 fully saturated rings. The molecule has 0 N–H and O–H groups in total. The summed E-state index contributed by atoms with van der Waals surface area (Å²) in [6.07, 6.45) is 0. The molecule has 130 valence electrons. The quantitative estimate of drug-likeness (QED) is 0.489. The highest BCUT2D eigenvalue weighted by atomic mass is 35.5. The Hall–Kier alpha value is -1.40. The van der Waals surface area contributed by atoms with Crippen molar-refractivity contribution in [3.63, 3.8) is 0 Å². The molecule has 0 atom stereocenters. The molecule has 0 aliphatic rings. The molecule has 0 aliphatic carbocycles. The van der Waals surface area contributed by atoms with E-state index in [-0.39, 0.29) is 6.61 Å². The van der Waals surface area contributed by atoms with Gasteiger partial charge in [-0.1, -0.05) is 58.7 Å². The summed E-state index contributed by atoms with van der Waals surface area (Å²) < 4.78 is 7.61. The van der Waals surface area contributed by atoms with Crippen molar-refractivity contribution in [2.45, 2.75) is 17.5 Å². The molecule has 25 heavy (non-hydrogen) atoms. The van der Waals surface area contributed by atoms with E-state index in [2.05, 4.69) is 10.2 Å². The molecule has 1 aromatic heterocycles. The molecule has 0 saturated carbocycles. The normalized spacial score (nSPS) is 10.9. The first-order valence-electron chi connectivity index (χ1n) is 7.36. The van der Waals surface area contributed by atoms with Crippen LogP contribution in [0.15, 0.2) is 47.6 Å². The number of benzene rings is 2. The lowest BCUT2D eigenvalue weighted by molar-refractivity contribution is 0.290. The van der Waals surface area contributed by atoms with Crippen LogP contribution in [-0.4, -0.2) is 14.8 Å². The van der Waals surface area contributed by atoms with E-state index in [4.69, 9.17) is 39.5 Å². The standard InChI is InChI=1S/C17H14Cl3N3OS/c1-23-16(9-24-15-8-13(19)6-7-14(15)20)21-22-17(23)25-10-11-2-4-12(18)5-3-11/h2-8H,9-10H2,1H3. The van der Waals surface area contributed by atoms with Crippen molar-refractivity contribution < 1.29 is 4.74 Å². The highest BCUT2D eigenvalue weighted by Gasteiger charge is 2.11.